The van der Waals surface area contributed by atoms with E-state index in [-0.39, 0.29) is 5.57 Å². The molecule has 0 aromatic heterocycles. The quantitative estimate of drug-likeness (QED) is 0.310. The number of hydrogen-bond donors (Lipinski definition) is 1. The minimum Gasteiger partial charge on any atom is -0.460 e. The Balaban J connectivity index is 5.81. The van der Waals surface area contributed by atoms with Gasteiger partial charge in [-0.3, -0.25) is 0 Å². The molecule has 3 nitrogen and oxygen atoms in total. The minimum absolute atomic E-state index is 0.300. The molecule has 0 aliphatic carbocycles. The molecule has 0 aromatic rings. The summed E-state index contributed by atoms with van der Waals surface area (Å²) in [7, 11) is 0. The second-order valence-electron chi connectivity index (χ2n) is 6.23. The average Bonchev–Trinajstić information content (AvgIpc) is 2.49. The van der Waals surface area contributed by atoms with Gasteiger partial charge in [0.25, 0.3) is 0 Å². The van der Waals surface area contributed by atoms with Crippen LogP contribution in [0, 0.1) is 0 Å². The SMILES string of the molecule is C=C(C)C(=O)OCC(O)CC(C)(F)C(F)(F)C(F)(F)C(F)(F)C(F)(F)C(F)(F)F. The van der Waals surface area contributed by atoms with E-state index < -0.39 is 67.6 Å². The number of aliphatic hydroxyl groups is 1. The highest BCUT2D eigenvalue weighted by Gasteiger charge is 2.89. The lowest BCUT2D eigenvalue weighted by molar-refractivity contribution is -0.432. The van der Waals surface area contributed by atoms with Gasteiger partial charge in [-0.25, -0.2) is 9.18 Å². The van der Waals surface area contributed by atoms with Gasteiger partial charge in [0.1, 0.15) is 6.61 Å². The molecule has 0 fully saturated rings. The lowest BCUT2D eigenvalue weighted by Gasteiger charge is -2.41. The van der Waals surface area contributed by atoms with Gasteiger partial charge in [-0.15, -0.1) is 0 Å². The molecule has 2 unspecified atom stereocenters. The van der Waals surface area contributed by atoms with E-state index in [1.54, 1.807) is 0 Å². The second-order valence-corrected chi connectivity index (χ2v) is 6.23. The topological polar surface area (TPSA) is 46.5 Å². The van der Waals surface area contributed by atoms with E-state index in [0.29, 0.717) is 0 Å². The highest BCUT2D eigenvalue weighted by Crippen LogP contribution is 2.60. The number of ether oxygens (including phenoxy) is 1. The number of esters is 1. The summed E-state index contributed by atoms with van der Waals surface area (Å²) >= 11 is 0. The molecule has 0 spiro atoms. The van der Waals surface area contributed by atoms with Crippen LogP contribution in [0.3, 0.4) is 0 Å². The zero-order chi connectivity index (χ0) is 23.9. The number of rotatable bonds is 9. The second kappa shape index (κ2) is 7.87. The van der Waals surface area contributed by atoms with Gasteiger partial charge in [0.15, 0.2) is 5.67 Å². The Morgan fingerprint density at radius 2 is 1.24 bits per heavy atom. The van der Waals surface area contributed by atoms with Crippen LogP contribution in [0.25, 0.3) is 0 Å². The van der Waals surface area contributed by atoms with E-state index in [1.165, 1.54) is 0 Å². The van der Waals surface area contributed by atoms with Gasteiger partial charge in [-0.05, 0) is 13.8 Å². The number of carbonyl (C=O) groups excluding carboxylic acids is 1. The number of carbonyl (C=O) groups is 1. The Morgan fingerprint density at radius 1 is 0.862 bits per heavy atom. The maximum absolute atomic E-state index is 14.1. The lowest BCUT2D eigenvalue weighted by Crippen LogP contribution is -2.70. The van der Waals surface area contributed by atoms with Gasteiger partial charge in [0, 0.05) is 12.0 Å². The predicted octanol–water partition coefficient (Wildman–Crippen LogP) is 4.69. The molecule has 2 atom stereocenters. The number of hydrogen-bond acceptors (Lipinski definition) is 3. The summed E-state index contributed by atoms with van der Waals surface area (Å²) in [6, 6.07) is 0. The number of alkyl halides is 12. The fourth-order valence-electron chi connectivity index (χ4n) is 1.82. The summed E-state index contributed by atoms with van der Waals surface area (Å²) in [4.78, 5) is 11.0. The molecule has 0 aliphatic rings. The van der Waals surface area contributed by atoms with Crippen LogP contribution in [0.2, 0.25) is 0 Å². The first-order valence-electron chi connectivity index (χ1n) is 7.25. The van der Waals surface area contributed by atoms with Crippen molar-refractivity contribution in [1.29, 1.82) is 0 Å². The Morgan fingerprint density at radius 3 is 1.59 bits per heavy atom. The molecule has 0 radical (unpaired) electrons. The molecular formula is C14H14F12O3. The predicted molar refractivity (Wildman–Crippen MR) is 71.8 cm³/mol. The van der Waals surface area contributed by atoms with E-state index in [2.05, 4.69) is 11.3 Å². The molecule has 1 N–H and O–H groups in total. The number of aliphatic hydroxyl groups excluding tert-OH is 1. The summed E-state index contributed by atoms with van der Waals surface area (Å²) in [5.41, 5.74) is -5.25. The van der Waals surface area contributed by atoms with Crippen molar-refractivity contribution >= 4 is 5.97 Å². The highest BCUT2D eigenvalue weighted by molar-refractivity contribution is 5.86. The van der Waals surface area contributed by atoms with Crippen molar-refractivity contribution in [3.05, 3.63) is 12.2 Å². The minimum atomic E-state index is -7.77. The van der Waals surface area contributed by atoms with Crippen molar-refractivity contribution < 1.29 is 67.3 Å². The summed E-state index contributed by atoms with van der Waals surface area (Å²) < 4.78 is 161. The summed E-state index contributed by atoms with van der Waals surface area (Å²) in [6.45, 7) is 2.26. The van der Waals surface area contributed by atoms with Crippen molar-refractivity contribution in [3.8, 4) is 0 Å². The van der Waals surface area contributed by atoms with Crippen LogP contribution in [0.1, 0.15) is 20.3 Å². The molecule has 29 heavy (non-hydrogen) atoms. The van der Waals surface area contributed by atoms with Crippen LogP contribution in [0.4, 0.5) is 52.7 Å². The summed E-state index contributed by atoms with van der Waals surface area (Å²) in [5.74, 6) is -31.1. The summed E-state index contributed by atoms with van der Waals surface area (Å²) in [5, 5.41) is 9.30. The van der Waals surface area contributed by atoms with E-state index in [9.17, 15) is 62.6 Å². The largest absolute Gasteiger partial charge is 0.460 e. The van der Waals surface area contributed by atoms with Crippen molar-refractivity contribution in [2.24, 2.45) is 0 Å². The van der Waals surface area contributed by atoms with Crippen LogP contribution < -0.4 is 0 Å². The third kappa shape index (κ3) is 4.74. The molecule has 0 bridgehead atoms. The molecular weight excluding hydrogens is 444 g/mol. The van der Waals surface area contributed by atoms with Crippen LogP contribution >= 0.6 is 0 Å². The van der Waals surface area contributed by atoms with Gasteiger partial charge in [-0.1, -0.05) is 6.58 Å². The standard InChI is InChI=1S/C14H14F12O3/c1-6(2)8(28)29-5-7(27)4-9(3,15)10(16,17)11(18,19)12(20,21)13(22,23)14(24,25)26/h7,27H,1,4-5H2,2-3H3. The fraction of sp³-hybridized carbons (Fsp3) is 0.786. The van der Waals surface area contributed by atoms with Crippen molar-refractivity contribution in [1.82, 2.24) is 0 Å². The van der Waals surface area contributed by atoms with E-state index >= 15 is 0 Å². The maximum Gasteiger partial charge on any atom is 0.460 e. The van der Waals surface area contributed by atoms with Crippen LogP contribution in [-0.4, -0.2) is 59.3 Å². The zero-order valence-corrected chi connectivity index (χ0v) is 14.5. The maximum atomic E-state index is 14.1. The lowest BCUT2D eigenvalue weighted by atomic mass is 9.84. The molecule has 0 amide bonds. The van der Waals surface area contributed by atoms with Crippen LogP contribution in [0.15, 0.2) is 12.2 Å². The molecule has 0 saturated carbocycles. The molecule has 0 aliphatic heterocycles. The van der Waals surface area contributed by atoms with Crippen molar-refractivity contribution in [2.45, 2.75) is 61.9 Å². The van der Waals surface area contributed by atoms with Gasteiger partial charge in [-0.2, -0.15) is 48.3 Å². The normalized spacial score (nSPS) is 17.5. The van der Waals surface area contributed by atoms with E-state index in [1.807, 2.05) is 0 Å². The third-order valence-electron chi connectivity index (χ3n) is 3.57. The molecule has 0 saturated heterocycles. The Labute approximate surface area is 155 Å². The Kier molecular flexibility index (Phi) is 7.42. The van der Waals surface area contributed by atoms with Crippen LogP contribution in [-0.2, 0) is 9.53 Å². The molecule has 0 heterocycles. The van der Waals surface area contributed by atoms with Gasteiger partial charge < -0.3 is 9.84 Å². The van der Waals surface area contributed by atoms with Crippen LogP contribution in [0.5, 0.6) is 0 Å². The van der Waals surface area contributed by atoms with E-state index in [0.717, 1.165) is 6.92 Å². The first kappa shape index (κ1) is 27.3. The van der Waals surface area contributed by atoms with E-state index in [4.69, 9.17) is 0 Å². The zero-order valence-electron chi connectivity index (χ0n) is 14.5. The first-order chi connectivity index (χ1) is 12.5. The molecule has 172 valence electrons. The Hall–Kier alpha value is -1.67. The van der Waals surface area contributed by atoms with Gasteiger partial charge in [0.05, 0.1) is 6.10 Å². The molecule has 0 rings (SSSR count). The average molecular weight is 458 g/mol. The van der Waals surface area contributed by atoms with Crippen molar-refractivity contribution in [3.63, 3.8) is 0 Å². The molecule has 0 aromatic carbocycles. The summed E-state index contributed by atoms with van der Waals surface area (Å²) in [6.07, 6.45) is -12.1. The first-order valence-corrected chi connectivity index (χ1v) is 7.25. The Bertz CT molecular complexity index is 624. The van der Waals surface area contributed by atoms with Crippen molar-refractivity contribution in [2.75, 3.05) is 6.61 Å². The van der Waals surface area contributed by atoms with Gasteiger partial charge >= 0.3 is 35.8 Å². The smallest absolute Gasteiger partial charge is 0.460 e. The number of halogens is 12. The molecule has 15 heteroatoms. The third-order valence-corrected chi connectivity index (χ3v) is 3.57. The fourth-order valence-corrected chi connectivity index (χ4v) is 1.82. The van der Waals surface area contributed by atoms with Gasteiger partial charge in [0.2, 0.25) is 0 Å². The highest BCUT2D eigenvalue weighted by atomic mass is 19.4. The monoisotopic (exact) mass is 458 g/mol.